The topological polar surface area (TPSA) is 34.0 Å². The van der Waals surface area contributed by atoms with Gasteiger partial charge in [-0.1, -0.05) is 61.0 Å². The normalized spacial score (nSPS) is 15.0. The molecule has 0 saturated carbocycles. The van der Waals surface area contributed by atoms with E-state index in [0.29, 0.717) is 0 Å². The Balaban J connectivity index is 0.000000932. The van der Waals surface area contributed by atoms with E-state index in [-0.39, 0.29) is 6.17 Å². The van der Waals surface area contributed by atoms with Gasteiger partial charge in [0.2, 0.25) is 0 Å². The first kappa shape index (κ1) is 19.1. The van der Waals surface area contributed by atoms with Crippen molar-refractivity contribution in [1.29, 1.82) is 0 Å². The lowest BCUT2D eigenvalue weighted by molar-refractivity contribution is 0.146. The Morgan fingerprint density at radius 2 is 1.82 bits per heavy atom. The van der Waals surface area contributed by atoms with E-state index in [2.05, 4.69) is 38.8 Å². The molecule has 144 valence electrons. The summed E-state index contributed by atoms with van der Waals surface area (Å²) in [5.41, 5.74) is 4.39. The van der Waals surface area contributed by atoms with Crippen LogP contribution in [0.4, 0.5) is 0 Å². The van der Waals surface area contributed by atoms with Crippen LogP contribution in [0.3, 0.4) is 0 Å². The summed E-state index contributed by atoms with van der Waals surface area (Å²) in [6.45, 7) is 5.86. The van der Waals surface area contributed by atoms with Gasteiger partial charge < -0.3 is 0 Å². The number of aromatic nitrogens is 3. The van der Waals surface area contributed by atoms with Crippen molar-refractivity contribution >= 4 is 34.0 Å². The van der Waals surface area contributed by atoms with Crippen LogP contribution >= 0.6 is 22.9 Å². The van der Waals surface area contributed by atoms with Gasteiger partial charge in [0.15, 0.2) is 0 Å². The van der Waals surface area contributed by atoms with Crippen LogP contribution in [0.25, 0.3) is 11.0 Å². The number of fused-ring (bicyclic) bond motifs is 2. The monoisotopic (exact) mass is 410 g/mol. The van der Waals surface area contributed by atoms with Gasteiger partial charge in [-0.2, -0.15) is 0 Å². The molecule has 3 heterocycles. The minimum Gasteiger partial charge on any atom is -0.273 e. The summed E-state index contributed by atoms with van der Waals surface area (Å²) in [7, 11) is 0. The van der Waals surface area contributed by atoms with Crippen molar-refractivity contribution < 1.29 is 0 Å². The number of thiophene rings is 1. The molecule has 0 fully saturated rings. The zero-order valence-corrected chi connectivity index (χ0v) is 17.6. The summed E-state index contributed by atoms with van der Waals surface area (Å²) in [4.78, 5) is 3.93. The van der Waals surface area contributed by atoms with Gasteiger partial charge in [0.1, 0.15) is 11.7 Å². The van der Waals surface area contributed by atoms with Crippen LogP contribution in [0.15, 0.2) is 60.0 Å². The molecule has 0 spiro atoms. The first-order valence-electron chi connectivity index (χ1n) is 9.65. The molecule has 0 amide bonds. The van der Waals surface area contributed by atoms with E-state index >= 15 is 0 Å². The lowest BCUT2D eigenvalue weighted by Crippen LogP contribution is -2.37. The van der Waals surface area contributed by atoms with Crippen molar-refractivity contribution in [2.75, 3.05) is 6.54 Å². The Morgan fingerprint density at radius 3 is 2.68 bits per heavy atom. The Kier molecular flexibility index (Phi) is 5.76. The molecule has 28 heavy (non-hydrogen) atoms. The Labute approximate surface area is 174 Å². The second-order valence-electron chi connectivity index (χ2n) is 6.51. The Hall–Kier alpha value is -2.21. The molecule has 6 heteroatoms. The van der Waals surface area contributed by atoms with Crippen LogP contribution < -0.4 is 0 Å². The van der Waals surface area contributed by atoms with E-state index in [9.17, 15) is 0 Å². The van der Waals surface area contributed by atoms with E-state index in [1.165, 1.54) is 10.4 Å². The van der Waals surface area contributed by atoms with Crippen LogP contribution in [0.1, 0.15) is 36.0 Å². The molecule has 1 unspecified atom stereocenters. The van der Waals surface area contributed by atoms with E-state index < -0.39 is 0 Å². The molecule has 1 aliphatic heterocycles. The van der Waals surface area contributed by atoms with Gasteiger partial charge >= 0.3 is 0 Å². The minimum atomic E-state index is -0.0795. The highest BCUT2D eigenvalue weighted by molar-refractivity contribution is 7.10. The second kappa shape index (κ2) is 8.43. The van der Waals surface area contributed by atoms with Gasteiger partial charge in [0.25, 0.3) is 0 Å². The van der Waals surface area contributed by atoms with Crippen molar-refractivity contribution in [2.45, 2.75) is 33.0 Å². The SMILES string of the molecule is CC.Clc1ccccc1C(N1CCc2sccc2C1)n1nnc2ccccc21. The Bertz CT molecular complexity index is 1070. The molecule has 4 nitrogen and oxygen atoms in total. The number of para-hydroxylation sites is 1. The lowest BCUT2D eigenvalue weighted by atomic mass is 10.1. The largest absolute Gasteiger partial charge is 0.273 e. The maximum Gasteiger partial charge on any atom is 0.134 e. The molecule has 0 radical (unpaired) electrons. The summed E-state index contributed by atoms with van der Waals surface area (Å²) < 4.78 is 2.01. The van der Waals surface area contributed by atoms with Crippen molar-refractivity contribution in [3.05, 3.63) is 81.0 Å². The van der Waals surface area contributed by atoms with Gasteiger partial charge in [0, 0.05) is 28.6 Å². The average Bonchev–Trinajstić information content (AvgIpc) is 3.38. The molecule has 2 aromatic carbocycles. The fourth-order valence-corrected chi connectivity index (χ4v) is 4.84. The van der Waals surface area contributed by atoms with Crippen molar-refractivity contribution in [3.63, 3.8) is 0 Å². The molecule has 0 bridgehead atoms. The first-order valence-corrected chi connectivity index (χ1v) is 10.9. The summed E-state index contributed by atoms with van der Waals surface area (Å²) in [6, 6.07) is 18.4. The maximum atomic E-state index is 6.60. The summed E-state index contributed by atoms with van der Waals surface area (Å²) in [5, 5.41) is 11.8. The predicted molar refractivity (Wildman–Crippen MR) is 117 cm³/mol. The molecular weight excluding hydrogens is 388 g/mol. The number of benzene rings is 2. The Morgan fingerprint density at radius 1 is 1.04 bits per heavy atom. The van der Waals surface area contributed by atoms with Crippen LogP contribution in [0.5, 0.6) is 0 Å². The summed E-state index contributed by atoms with van der Waals surface area (Å²) >= 11 is 8.45. The van der Waals surface area contributed by atoms with Gasteiger partial charge in [-0.15, -0.1) is 16.4 Å². The molecule has 1 atom stereocenters. The molecule has 5 rings (SSSR count). The summed E-state index contributed by atoms with van der Waals surface area (Å²) in [6.07, 6.45) is 0.977. The third-order valence-corrected chi connectivity index (χ3v) is 6.34. The van der Waals surface area contributed by atoms with Gasteiger partial charge in [-0.25, -0.2) is 4.68 Å². The van der Waals surface area contributed by atoms with Gasteiger partial charge in [0.05, 0.1) is 5.52 Å². The number of hydrogen-bond donors (Lipinski definition) is 0. The standard InChI is InChI=1S/C20H17ClN4S.C2H6/c21-16-6-2-1-5-15(16)20(24-11-9-19-14(13-24)10-12-26-19)25-18-8-4-3-7-17(18)22-23-25;1-2/h1-8,10,12,20H,9,11,13H2;1-2H3. The number of rotatable bonds is 3. The van der Waals surface area contributed by atoms with Crippen molar-refractivity contribution in [3.8, 4) is 0 Å². The highest BCUT2D eigenvalue weighted by Gasteiger charge is 2.30. The average molecular weight is 411 g/mol. The minimum absolute atomic E-state index is 0.0795. The summed E-state index contributed by atoms with van der Waals surface area (Å²) in [5.74, 6) is 0. The molecular formula is C22H23ClN4S. The fraction of sp³-hybridized carbons (Fsp3) is 0.273. The van der Waals surface area contributed by atoms with Crippen LogP contribution in [-0.4, -0.2) is 26.4 Å². The van der Waals surface area contributed by atoms with Crippen LogP contribution in [-0.2, 0) is 13.0 Å². The molecule has 2 aromatic heterocycles. The number of nitrogens with zero attached hydrogens (tertiary/aromatic N) is 4. The van der Waals surface area contributed by atoms with Crippen molar-refractivity contribution in [1.82, 2.24) is 19.9 Å². The highest BCUT2D eigenvalue weighted by Crippen LogP contribution is 2.35. The van der Waals surface area contributed by atoms with Gasteiger partial charge in [-0.3, -0.25) is 4.90 Å². The number of hydrogen-bond acceptors (Lipinski definition) is 4. The quantitative estimate of drug-likeness (QED) is 0.429. The third kappa shape index (κ3) is 3.46. The molecule has 0 aliphatic carbocycles. The lowest BCUT2D eigenvalue weighted by Gasteiger charge is -2.35. The van der Waals surface area contributed by atoms with E-state index in [1.807, 2.05) is 66.3 Å². The first-order chi connectivity index (χ1) is 13.8. The fourth-order valence-electron chi connectivity index (χ4n) is 3.71. The van der Waals surface area contributed by atoms with Crippen LogP contribution in [0, 0.1) is 0 Å². The maximum absolute atomic E-state index is 6.60. The number of halogens is 1. The molecule has 1 aliphatic rings. The molecule has 0 N–H and O–H groups in total. The zero-order valence-electron chi connectivity index (χ0n) is 16.0. The zero-order chi connectivity index (χ0) is 19.5. The molecule has 4 aromatic rings. The smallest absolute Gasteiger partial charge is 0.134 e. The van der Waals surface area contributed by atoms with Gasteiger partial charge in [-0.05, 0) is 41.6 Å². The van der Waals surface area contributed by atoms with E-state index in [4.69, 9.17) is 11.6 Å². The van der Waals surface area contributed by atoms with E-state index in [1.54, 1.807) is 0 Å². The predicted octanol–water partition coefficient (Wildman–Crippen LogP) is 5.78. The van der Waals surface area contributed by atoms with Crippen molar-refractivity contribution in [2.24, 2.45) is 0 Å². The van der Waals surface area contributed by atoms with E-state index in [0.717, 1.165) is 41.1 Å². The molecule has 0 saturated heterocycles. The van der Waals surface area contributed by atoms with Crippen LogP contribution in [0.2, 0.25) is 5.02 Å². The second-order valence-corrected chi connectivity index (χ2v) is 7.92. The highest BCUT2D eigenvalue weighted by atomic mass is 35.5. The third-order valence-electron chi connectivity index (χ3n) is 4.98.